The molecule has 1 amide bonds. The maximum absolute atomic E-state index is 12.8. The molecular weight excluding hydrogens is 434 g/mol. The quantitative estimate of drug-likeness (QED) is 0.446. The molecule has 0 aliphatic heterocycles. The molecule has 9 nitrogen and oxygen atoms in total. The third-order valence-electron chi connectivity index (χ3n) is 5.25. The highest BCUT2D eigenvalue weighted by Gasteiger charge is 2.17. The summed E-state index contributed by atoms with van der Waals surface area (Å²) in [5, 5.41) is 6.19. The molecule has 0 spiro atoms. The molecule has 3 rings (SSSR count). The Balaban J connectivity index is 1.74. The van der Waals surface area contributed by atoms with Crippen LogP contribution in [0.5, 0.6) is 17.2 Å². The average molecular weight is 466 g/mol. The Kier molecular flexibility index (Phi) is 8.13. The van der Waals surface area contributed by atoms with Gasteiger partial charge in [-0.2, -0.15) is 0 Å². The summed E-state index contributed by atoms with van der Waals surface area (Å²) in [6.45, 7) is 7.80. The van der Waals surface area contributed by atoms with Crippen molar-refractivity contribution >= 4 is 28.9 Å². The summed E-state index contributed by atoms with van der Waals surface area (Å²) in [6.07, 6.45) is 0. The summed E-state index contributed by atoms with van der Waals surface area (Å²) in [5.41, 5.74) is 1.87. The van der Waals surface area contributed by atoms with Crippen molar-refractivity contribution in [3.05, 3.63) is 53.9 Å². The number of amides is 1. The summed E-state index contributed by atoms with van der Waals surface area (Å²) in [6, 6.07) is 12.5. The summed E-state index contributed by atoms with van der Waals surface area (Å²) in [4.78, 5) is 24.0. The number of aryl methyl sites for hydroxylation is 1. The minimum Gasteiger partial charge on any atom is -0.493 e. The van der Waals surface area contributed by atoms with E-state index in [-0.39, 0.29) is 5.91 Å². The lowest BCUT2D eigenvalue weighted by Gasteiger charge is -2.20. The summed E-state index contributed by atoms with van der Waals surface area (Å²) < 4.78 is 16.0. The number of ether oxygens (including phenoxy) is 3. The average Bonchev–Trinajstić information content (AvgIpc) is 2.84. The van der Waals surface area contributed by atoms with E-state index in [0.717, 1.165) is 24.6 Å². The standard InChI is InChI=1S/C25H31N5O4/c1-7-30(8-2)23-15-22(26-16(3)27-23)28-18-9-11-19(12-10-18)29-25(31)17-13-20(32-4)24(34-6)21(14-17)33-5/h9-15H,7-8H2,1-6H3,(H,29,31)(H,26,27,28). The van der Waals surface area contributed by atoms with Gasteiger partial charge in [0.1, 0.15) is 17.5 Å². The van der Waals surface area contributed by atoms with Crippen molar-refractivity contribution in [3.63, 3.8) is 0 Å². The van der Waals surface area contributed by atoms with E-state index < -0.39 is 0 Å². The second-order valence-corrected chi connectivity index (χ2v) is 7.40. The van der Waals surface area contributed by atoms with Gasteiger partial charge in [0, 0.05) is 36.1 Å². The Labute approximate surface area is 200 Å². The molecule has 0 aliphatic carbocycles. The van der Waals surface area contributed by atoms with Gasteiger partial charge in [0.25, 0.3) is 5.91 Å². The van der Waals surface area contributed by atoms with Crippen molar-refractivity contribution in [2.45, 2.75) is 20.8 Å². The highest BCUT2D eigenvalue weighted by atomic mass is 16.5. The molecule has 0 aliphatic rings. The maximum Gasteiger partial charge on any atom is 0.255 e. The maximum atomic E-state index is 12.8. The van der Waals surface area contributed by atoms with Crippen molar-refractivity contribution in [2.75, 3.05) is 50.0 Å². The Morgan fingerprint density at radius 2 is 1.47 bits per heavy atom. The van der Waals surface area contributed by atoms with E-state index in [9.17, 15) is 4.79 Å². The van der Waals surface area contributed by atoms with Crippen molar-refractivity contribution in [1.82, 2.24) is 9.97 Å². The normalized spacial score (nSPS) is 10.4. The number of methoxy groups -OCH3 is 3. The second kappa shape index (κ2) is 11.2. The van der Waals surface area contributed by atoms with Crippen molar-refractivity contribution in [1.29, 1.82) is 0 Å². The zero-order valence-corrected chi connectivity index (χ0v) is 20.4. The lowest BCUT2D eigenvalue weighted by Crippen LogP contribution is -2.23. The fourth-order valence-corrected chi connectivity index (χ4v) is 3.53. The molecule has 0 atom stereocenters. The summed E-state index contributed by atoms with van der Waals surface area (Å²) in [5.74, 6) is 3.25. The van der Waals surface area contributed by atoms with Gasteiger partial charge in [0.15, 0.2) is 11.5 Å². The fourth-order valence-electron chi connectivity index (χ4n) is 3.53. The minimum atomic E-state index is -0.296. The van der Waals surface area contributed by atoms with Crippen LogP contribution in [0.15, 0.2) is 42.5 Å². The van der Waals surface area contributed by atoms with Crippen LogP contribution in [0.1, 0.15) is 30.0 Å². The molecule has 0 unspecified atom stereocenters. The van der Waals surface area contributed by atoms with E-state index in [1.54, 1.807) is 12.1 Å². The van der Waals surface area contributed by atoms with Crippen LogP contribution in [-0.4, -0.2) is 50.3 Å². The number of aromatic nitrogens is 2. The Bertz CT molecular complexity index is 1110. The van der Waals surface area contributed by atoms with E-state index in [4.69, 9.17) is 14.2 Å². The lowest BCUT2D eigenvalue weighted by molar-refractivity contribution is 0.102. The molecule has 34 heavy (non-hydrogen) atoms. The molecule has 1 aromatic heterocycles. The Hall–Kier alpha value is -4.01. The van der Waals surface area contributed by atoms with E-state index in [0.29, 0.717) is 40.1 Å². The van der Waals surface area contributed by atoms with Gasteiger partial charge >= 0.3 is 0 Å². The Morgan fingerprint density at radius 3 is 2.00 bits per heavy atom. The first-order valence-corrected chi connectivity index (χ1v) is 11.0. The number of hydrogen-bond donors (Lipinski definition) is 2. The van der Waals surface area contributed by atoms with Gasteiger partial charge in [-0.3, -0.25) is 4.79 Å². The number of anilines is 4. The molecule has 3 aromatic rings. The van der Waals surface area contributed by atoms with Gasteiger partial charge in [-0.25, -0.2) is 9.97 Å². The van der Waals surface area contributed by atoms with Crippen molar-refractivity contribution < 1.29 is 19.0 Å². The fraction of sp³-hybridized carbons (Fsp3) is 0.320. The number of rotatable bonds is 10. The lowest BCUT2D eigenvalue weighted by atomic mass is 10.1. The third-order valence-corrected chi connectivity index (χ3v) is 5.25. The van der Waals surface area contributed by atoms with Gasteiger partial charge in [-0.15, -0.1) is 0 Å². The molecule has 0 radical (unpaired) electrons. The topological polar surface area (TPSA) is 97.8 Å². The molecule has 9 heteroatoms. The number of carbonyl (C=O) groups excluding carboxylic acids is 1. The minimum absolute atomic E-state index is 0.296. The van der Waals surface area contributed by atoms with Crippen LogP contribution < -0.4 is 29.7 Å². The molecule has 0 fully saturated rings. The summed E-state index contributed by atoms with van der Waals surface area (Å²) in [7, 11) is 4.53. The molecule has 0 saturated heterocycles. The molecule has 1 heterocycles. The van der Waals surface area contributed by atoms with E-state index in [2.05, 4.69) is 39.3 Å². The smallest absolute Gasteiger partial charge is 0.255 e. The van der Waals surface area contributed by atoms with Crippen molar-refractivity contribution in [3.8, 4) is 17.2 Å². The van der Waals surface area contributed by atoms with Gasteiger partial charge in [0.2, 0.25) is 5.75 Å². The first-order chi connectivity index (χ1) is 16.4. The zero-order chi connectivity index (χ0) is 24.7. The molecule has 2 N–H and O–H groups in total. The third kappa shape index (κ3) is 5.67. The molecule has 180 valence electrons. The predicted molar refractivity (Wildman–Crippen MR) is 134 cm³/mol. The highest BCUT2D eigenvalue weighted by molar-refractivity contribution is 6.05. The van der Waals surface area contributed by atoms with Crippen molar-refractivity contribution in [2.24, 2.45) is 0 Å². The largest absolute Gasteiger partial charge is 0.493 e. The number of benzene rings is 2. The number of nitrogens with zero attached hydrogens (tertiary/aromatic N) is 3. The van der Waals surface area contributed by atoms with Gasteiger partial charge < -0.3 is 29.7 Å². The van der Waals surface area contributed by atoms with E-state index in [1.807, 2.05) is 37.3 Å². The monoisotopic (exact) mass is 465 g/mol. The Morgan fingerprint density at radius 1 is 0.882 bits per heavy atom. The first kappa shape index (κ1) is 24.6. The second-order valence-electron chi connectivity index (χ2n) is 7.40. The van der Waals surface area contributed by atoms with Crippen LogP contribution in [-0.2, 0) is 0 Å². The number of hydrogen-bond acceptors (Lipinski definition) is 8. The van der Waals surface area contributed by atoms with E-state index >= 15 is 0 Å². The van der Waals surface area contributed by atoms with E-state index in [1.165, 1.54) is 21.3 Å². The summed E-state index contributed by atoms with van der Waals surface area (Å²) >= 11 is 0. The van der Waals surface area contributed by atoms with Crippen LogP contribution in [0.2, 0.25) is 0 Å². The van der Waals surface area contributed by atoms with Crippen LogP contribution in [0, 0.1) is 6.92 Å². The predicted octanol–water partition coefficient (Wildman–Crippen LogP) is 4.65. The first-order valence-electron chi connectivity index (χ1n) is 11.0. The van der Waals surface area contributed by atoms with Gasteiger partial charge in [-0.1, -0.05) is 0 Å². The molecular formula is C25H31N5O4. The van der Waals surface area contributed by atoms with Crippen LogP contribution >= 0.6 is 0 Å². The van der Waals surface area contributed by atoms with Crippen LogP contribution in [0.25, 0.3) is 0 Å². The molecule has 2 aromatic carbocycles. The van der Waals surface area contributed by atoms with Gasteiger partial charge in [0.05, 0.1) is 21.3 Å². The zero-order valence-electron chi connectivity index (χ0n) is 20.4. The van der Waals surface area contributed by atoms with Gasteiger partial charge in [-0.05, 0) is 57.2 Å². The molecule has 0 saturated carbocycles. The van der Waals surface area contributed by atoms with Crippen LogP contribution in [0.3, 0.4) is 0 Å². The molecule has 0 bridgehead atoms. The SMILES string of the molecule is CCN(CC)c1cc(Nc2ccc(NC(=O)c3cc(OC)c(OC)c(OC)c3)cc2)nc(C)n1. The highest BCUT2D eigenvalue weighted by Crippen LogP contribution is 2.38. The number of nitrogens with one attached hydrogen (secondary N) is 2. The number of carbonyl (C=O) groups is 1. The van der Waals surface area contributed by atoms with Crippen LogP contribution in [0.4, 0.5) is 23.0 Å².